The molecular weight excluding hydrogens is 248 g/mol. The number of hydrogen-bond acceptors (Lipinski definition) is 8. The second kappa shape index (κ2) is 4.43. The van der Waals surface area contributed by atoms with Crippen LogP contribution in [0.4, 0.5) is 22.7 Å². The van der Waals surface area contributed by atoms with Crippen LogP contribution in [0.1, 0.15) is 0 Å². The third kappa shape index (κ3) is 2.37. The van der Waals surface area contributed by atoms with Gasteiger partial charge >= 0.3 is 0 Å². The van der Waals surface area contributed by atoms with E-state index < -0.39 is 20.7 Å². The predicted molar refractivity (Wildman–Crippen MR) is 60.3 cm³/mol. The van der Waals surface area contributed by atoms with E-state index in [0.29, 0.717) is 0 Å². The first kappa shape index (κ1) is 11.4. The molecule has 0 heterocycles. The minimum Gasteiger partial charge on any atom is -0.396 e. The van der Waals surface area contributed by atoms with Crippen molar-refractivity contribution in [2.75, 3.05) is 18.5 Å². The van der Waals surface area contributed by atoms with Gasteiger partial charge in [0.15, 0.2) is 0 Å². The summed E-state index contributed by atoms with van der Waals surface area (Å²) in [5.41, 5.74) is 13.0. The largest absolute Gasteiger partial charge is 0.396 e. The lowest BCUT2D eigenvalue weighted by molar-refractivity contribution is 0.483. The van der Waals surface area contributed by atoms with E-state index in [9.17, 15) is 8.42 Å². The maximum absolute atomic E-state index is 11.1. The molecule has 0 aliphatic carbocycles. The van der Waals surface area contributed by atoms with Crippen LogP contribution in [0.15, 0.2) is 26.3 Å². The van der Waals surface area contributed by atoms with E-state index in [2.05, 4.69) is 20.9 Å². The van der Waals surface area contributed by atoms with E-state index in [1.54, 1.807) is 0 Å². The zero-order valence-corrected chi connectivity index (χ0v) is 9.51. The van der Waals surface area contributed by atoms with Crippen LogP contribution in [0, 0.1) is 5.52 Å². The van der Waals surface area contributed by atoms with Crippen molar-refractivity contribution in [2.24, 2.45) is 15.3 Å². The fourth-order valence-electron chi connectivity index (χ4n) is 1.17. The Morgan fingerprint density at radius 2 is 2.12 bits per heavy atom. The molecule has 0 aromatic heterocycles. The van der Waals surface area contributed by atoms with Crippen molar-refractivity contribution >= 4 is 32.9 Å². The summed E-state index contributed by atoms with van der Waals surface area (Å²) in [6, 6.07) is 0.954. The third-order valence-electron chi connectivity index (χ3n) is 1.91. The third-order valence-corrected chi connectivity index (χ3v) is 2.80. The summed E-state index contributed by atoms with van der Waals surface area (Å²) < 4.78 is 37.9. The monoisotopic (exact) mass is 259 g/mol. The summed E-state index contributed by atoms with van der Waals surface area (Å²) in [6.45, 7) is 0. The fraction of sp³-hybridized carbons (Fsp3) is 0.143. The SMILES string of the molecule is [2H]/N=N/c1c(N)c(/N=N/C)cc(S(=O)(=O)O)c1N. The Bertz CT molecular complexity index is 627. The van der Waals surface area contributed by atoms with Gasteiger partial charge in [-0.2, -0.15) is 23.8 Å². The Morgan fingerprint density at radius 1 is 1.47 bits per heavy atom. The molecule has 6 N–H and O–H groups in total. The lowest BCUT2D eigenvalue weighted by Crippen LogP contribution is -2.04. The van der Waals surface area contributed by atoms with Gasteiger partial charge in [-0.25, -0.2) is 5.52 Å². The van der Waals surface area contributed by atoms with Gasteiger partial charge in [0.1, 0.15) is 16.3 Å². The molecule has 0 atom stereocenters. The van der Waals surface area contributed by atoms with Crippen molar-refractivity contribution in [3.63, 3.8) is 0 Å². The maximum Gasteiger partial charge on any atom is 0.296 e. The molecule has 0 fully saturated rings. The lowest BCUT2D eigenvalue weighted by Gasteiger charge is -2.09. The van der Waals surface area contributed by atoms with Gasteiger partial charge in [0, 0.05) is 7.05 Å². The van der Waals surface area contributed by atoms with Gasteiger partial charge < -0.3 is 11.5 Å². The van der Waals surface area contributed by atoms with Crippen LogP contribution in [0.2, 0.25) is 1.41 Å². The van der Waals surface area contributed by atoms with E-state index in [1.807, 2.05) is 0 Å². The van der Waals surface area contributed by atoms with Crippen molar-refractivity contribution < 1.29 is 14.4 Å². The number of rotatable bonds is 3. The number of nitrogens with one attached hydrogen (secondary N) is 1. The second-order valence-electron chi connectivity index (χ2n) is 2.94. The molecule has 0 amide bonds. The number of hydrogen-bond donors (Lipinski definition) is 4. The Morgan fingerprint density at radius 3 is 2.59 bits per heavy atom. The van der Waals surface area contributed by atoms with Crippen molar-refractivity contribution in [3.8, 4) is 0 Å². The quantitative estimate of drug-likeness (QED) is 0.365. The minimum atomic E-state index is -4.58. The highest BCUT2D eigenvalue weighted by molar-refractivity contribution is 7.86. The van der Waals surface area contributed by atoms with E-state index >= 15 is 0 Å². The van der Waals surface area contributed by atoms with Gasteiger partial charge in [-0.3, -0.25) is 4.55 Å². The number of nitrogen functional groups attached to an aromatic ring is 2. The molecule has 1 aromatic rings. The van der Waals surface area contributed by atoms with Crippen LogP contribution < -0.4 is 11.5 Å². The molecule has 1 rings (SSSR count). The Hall–Kier alpha value is -2.07. The molecule has 0 saturated carbocycles. The minimum absolute atomic E-state index is 0.0540. The van der Waals surface area contributed by atoms with Gasteiger partial charge in [-0.05, 0) is 6.07 Å². The molecule has 0 saturated heterocycles. The first-order chi connectivity index (χ1) is 8.32. The highest BCUT2D eigenvalue weighted by Crippen LogP contribution is 2.41. The molecule has 17 heavy (non-hydrogen) atoms. The van der Waals surface area contributed by atoms with Crippen molar-refractivity contribution in [1.29, 1.82) is 5.52 Å². The van der Waals surface area contributed by atoms with Crippen molar-refractivity contribution in [1.82, 2.24) is 0 Å². The summed E-state index contributed by atoms with van der Waals surface area (Å²) in [5, 5.41) is 10.3. The Kier molecular flexibility index (Phi) is 2.97. The molecular formula is C7H10N6O3S. The molecule has 9 nitrogen and oxygen atoms in total. The topological polar surface area (TPSA) is 167 Å². The molecule has 10 heteroatoms. The molecule has 0 aliphatic rings. The standard InChI is InChI=1S/C7H10N6O3S/c1-11-13-3-2-4(17(14,15)16)6(9)7(12-10)5(3)8/h2,10H,8-9H2,1H3,(H,14,15,16)/b12-10+,13-11+/i/hD. The molecule has 0 spiro atoms. The summed E-state index contributed by atoms with van der Waals surface area (Å²) in [4.78, 5) is -0.624. The summed E-state index contributed by atoms with van der Waals surface area (Å²) in [5.74, 6) is 0. The van der Waals surface area contributed by atoms with Gasteiger partial charge in [-0.1, -0.05) is 0 Å². The van der Waals surface area contributed by atoms with Gasteiger partial charge in [0.2, 0.25) is 1.41 Å². The molecule has 0 bridgehead atoms. The number of benzene rings is 1. The molecule has 92 valence electrons. The zero-order valence-electron chi connectivity index (χ0n) is 9.69. The Labute approximate surface area is 98.3 Å². The van der Waals surface area contributed by atoms with E-state index in [0.717, 1.165) is 6.07 Å². The van der Waals surface area contributed by atoms with Crippen LogP contribution >= 0.6 is 0 Å². The molecule has 0 aliphatic heterocycles. The predicted octanol–water partition coefficient (Wildman–Crippen LogP) is 1.47. The highest BCUT2D eigenvalue weighted by atomic mass is 32.2. The van der Waals surface area contributed by atoms with Crippen LogP contribution in [-0.2, 0) is 10.1 Å². The number of nitrogens with zero attached hydrogens (tertiary/aromatic N) is 3. The van der Waals surface area contributed by atoms with Gasteiger partial charge in [0.05, 0.1) is 11.4 Å². The van der Waals surface area contributed by atoms with Crippen LogP contribution in [0.5, 0.6) is 0 Å². The highest BCUT2D eigenvalue weighted by Gasteiger charge is 2.21. The van der Waals surface area contributed by atoms with Crippen LogP contribution in [-0.4, -0.2) is 20.0 Å². The van der Waals surface area contributed by atoms with Gasteiger partial charge in [0.25, 0.3) is 10.1 Å². The normalized spacial score (nSPS) is 13.4. The molecule has 0 unspecified atom stereocenters. The smallest absolute Gasteiger partial charge is 0.296 e. The van der Waals surface area contributed by atoms with E-state index in [-0.39, 0.29) is 17.1 Å². The lowest BCUT2D eigenvalue weighted by atomic mass is 10.2. The molecule has 1 aromatic carbocycles. The van der Waals surface area contributed by atoms with Crippen molar-refractivity contribution in [2.45, 2.75) is 4.90 Å². The summed E-state index contributed by atoms with van der Waals surface area (Å²) >= 11 is 0. The molecule has 0 radical (unpaired) electrons. The fourth-order valence-corrected chi connectivity index (χ4v) is 1.81. The van der Waals surface area contributed by atoms with E-state index in [4.69, 9.17) is 17.4 Å². The summed E-state index contributed by atoms with van der Waals surface area (Å²) in [6.07, 6.45) is 0. The Balaban J connectivity index is 3.77. The second-order valence-corrected chi connectivity index (χ2v) is 4.33. The number of azo groups is 1. The van der Waals surface area contributed by atoms with E-state index in [1.165, 1.54) is 7.05 Å². The number of anilines is 2. The first-order valence-electron chi connectivity index (χ1n) is 4.62. The first-order valence-corrected chi connectivity index (χ1v) is 5.61. The van der Waals surface area contributed by atoms with Crippen LogP contribution in [0.25, 0.3) is 0 Å². The van der Waals surface area contributed by atoms with Crippen LogP contribution in [0.3, 0.4) is 0 Å². The number of nitrogens with two attached hydrogens (primary N) is 2. The average Bonchev–Trinajstić information content (AvgIpc) is 2.26. The van der Waals surface area contributed by atoms with Crippen molar-refractivity contribution in [3.05, 3.63) is 6.07 Å². The maximum atomic E-state index is 11.1. The summed E-state index contributed by atoms with van der Waals surface area (Å²) in [7, 11) is -3.24. The van der Waals surface area contributed by atoms with Gasteiger partial charge in [-0.15, -0.1) is 0 Å². The zero-order chi connectivity index (χ0) is 13.9. The average molecular weight is 259 g/mol.